The predicted octanol–water partition coefficient (Wildman–Crippen LogP) is 4.18. The summed E-state index contributed by atoms with van der Waals surface area (Å²) in [5.41, 5.74) is 5.08. The lowest BCUT2D eigenvalue weighted by atomic mass is 10.0. The average molecular weight is 489 g/mol. The van der Waals surface area contributed by atoms with Crippen LogP contribution < -0.4 is 15.5 Å². The zero-order valence-electron chi connectivity index (χ0n) is 21.5. The minimum Gasteiger partial charge on any atom is -0.379 e. The molecule has 2 fully saturated rings. The van der Waals surface area contributed by atoms with Crippen LogP contribution in [0.5, 0.6) is 0 Å². The number of nitrogens with zero attached hydrogens (tertiary/aromatic N) is 4. The van der Waals surface area contributed by atoms with Crippen LogP contribution in [0.2, 0.25) is 0 Å². The van der Waals surface area contributed by atoms with Gasteiger partial charge in [-0.05, 0) is 63.4 Å². The maximum absolute atomic E-state index is 12.8. The molecular weight excluding hydrogens is 452 g/mol. The number of pyridine rings is 2. The number of ether oxygens (including phenoxy) is 1. The van der Waals surface area contributed by atoms with Crippen molar-refractivity contribution in [2.75, 3.05) is 49.6 Å². The Balaban J connectivity index is 1.18. The van der Waals surface area contributed by atoms with Gasteiger partial charge >= 0.3 is 6.03 Å². The van der Waals surface area contributed by atoms with Gasteiger partial charge in [-0.15, -0.1) is 0 Å². The number of fused-ring (bicyclic) bond motifs is 1. The number of aromatic nitrogens is 2. The minimum atomic E-state index is -0.158. The molecule has 0 atom stereocenters. The second-order valence-corrected chi connectivity index (χ2v) is 9.97. The highest BCUT2D eigenvalue weighted by Gasteiger charge is 2.23. The molecule has 2 aromatic heterocycles. The summed E-state index contributed by atoms with van der Waals surface area (Å²) in [4.78, 5) is 27.0. The van der Waals surface area contributed by atoms with E-state index in [4.69, 9.17) is 9.72 Å². The highest BCUT2D eigenvalue weighted by molar-refractivity contribution is 6.02. The standard InChI is InChI=1S/C28H36N6O2/c1-19-15-22(18-33-11-13-36-14-12-33)17-27(30-19)34-9-7-23(8-10-34)31-28(35)32-26-6-4-5-24-21(3)29-20(2)16-25(24)26/h4-6,15-17,23H,7-14,18H2,1-3H3,(H2,31,32,35). The molecule has 2 aliphatic rings. The van der Waals surface area contributed by atoms with Crippen molar-refractivity contribution in [1.82, 2.24) is 20.2 Å². The number of urea groups is 1. The van der Waals surface area contributed by atoms with Crippen molar-refractivity contribution in [2.24, 2.45) is 0 Å². The number of rotatable bonds is 5. The Bertz CT molecular complexity index is 1230. The Kier molecular flexibility index (Phi) is 7.34. The molecule has 0 spiro atoms. The molecule has 0 aliphatic carbocycles. The van der Waals surface area contributed by atoms with Gasteiger partial charge in [0.15, 0.2) is 0 Å². The van der Waals surface area contributed by atoms with Gasteiger partial charge in [0.05, 0.1) is 18.9 Å². The summed E-state index contributed by atoms with van der Waals surface area (Å²) in [6.07, 6.45) is 1.78. The molecule has 36 heavy (non-hydrogen) atoms. The normalized spacial score (nSPS) is 17.4. The maximum atomic E-state index is 12.8. The SMILES string of the molecule is Cc1cc(CN2CCOCC2)cc(N2CCC(NC(=O)Nc3cccc4c(C)nc(C)cc34)CC2)n1. The molecule has 3 aromatic rings. The van der Waals surface area contributed by atoms with Gasteiger partial charge in [-0.3, -0.25) is 9.88 Å². The molecule has 0 unspecified atom stereocenters. The number of aryl methyl sites for hydroxylation is 3. The quantitative estimate of drug-likeness (QED) is 0.561. The lowest BCUT2D eigenvalue weighted by Gasteiger charge is -2.34. The molecule has 2 saturated heterocycles. The first-order valence-corrected chi connectivity index (χ1v) is 12.9. The first-order chi connectivity index (χ1) is 17.4. The molecule has 0 radical (unpaired) electrons. The van der Waals surface area contributed by atoms with E-state index in [-0.39, 0.29) is 12.1 Å². The van der Waals surface area contributed by atoms with Crippen molar-refractivity contribution in [1.29, 1.82) is 0 Å². The van der Waals surface area contributed by atoms with E-state index in [0.717, 1.165) is 98.1 Å². The van der Waals surface area contributed by atoms with Crippen molar-refractivity contribution in [2.45, 2.75) is 46.2 Å². The molecule has 2 amide bonds. The summed E-state index contributed by atoms with van der Waals surface area (Å²) in [5.74, 6) is 1.04. The molecule has 1 aromatic carbocycles. The van der Waals surface area contributed by atoms with E-state index >= 15 is 0 Å². The second-order valence-electron chi connectivity index (χ2n) is 9.97. The first-order valence-electron chi connectivity index (χ1n) is 12.9. The van der Waals surface area contributed by atoms with E-state index in [1.807, 2.05) is 38.1 Å². The van der Waals surface area contributed by atoms with Gasteiger partial charge in [0.1, 0.15) is 5.82 Å². The van der Waals surface area contributed by atoms with Gasteiger partial charge in [-0.25, -0.2) is 9.78 Å². The second kappa shape index (κ2) is 10.8. The summed E-state index contributed by atoms with van der Waals surface area (Å²) >= 11 is 0. The van der Waals surface area contributed by atoms with E-state index in [2.05, 4.69) is 44.5 Å². The van der Waals surface area contributed by atoms with Crippen LogP contribution in [-0.2, 0) is 11.3 Å². The number of carbonyl (C=O) groups excluding carboxylic acids is 1. The van der Waals surface area contributed by atoms with Gasteiger partial charge < -0.3 is 20.3 Å². The molecule has 5 rings (SSSR count). The summed E-state index contributed by atoms with van der Waals surface area (Å²) in [7, 11) is 0. The Labute approximate surface area is 213 Å². The Morgan fingerprint density at radius 3 is 2.50 bits per heavy atom. The third-order valence-corrected chi connectivity index (χ3v) is 7.11. The number of hydrogen-bond acceptors (Lipinski definition) is 6. The van der Waals surface area contributed by atoms with Crippen molar-refractivity contribution < 1.29 is 9.53 Å². The number of nitrogens with one attached hydrogen (secondary N) is 2. The van der Waals surface area contributed by atoms with E-state index in [1.54, 1.807) is 0 Å². The van der Waals surface area contributed by atoms with Crippen LogP contribution in [0.1, 0.15) is 35.5 Å². The molecule has 4 heterocycles. The van der Waals surface area contributed by atoms with E-state index in [0.29, 0.717) is 0 Å². The van der Waals surface area contributed by atoms with Crippen molar-refractivity contribution in [3.8, 4) is 0 Å². The number of hydrogen-bond donors (Lipinski definition) is 2. The summed E-state index contributed by atoms with van der Waals surface area (Å²) in [5, 5.41) is 8.32. The fourth-order valence-electron chi connectivity index (χ4n) is 5.30. The Hall–Kier alpha value is -3.23. The lowest BCUT2D eigenvalue weighted by Crippen LogP contribution is -2.46. The highest BCUT2D eigenvalue weighted by atomic mass is 16.5. The molecule has 8 heteroatoms. The third kappa shape index (κ3) is 5.77. The van der Waals surface area contributed by atoms with Crippen LogP contribution in [0.25, 0.3) is 10.8 Å². The molecule has 190 valence electrons. The number of benzene rings is 1. The van der Waals surface area contributed by atoms with Gasteiger partial charge in [0.2, 0.25) is 0 Å². The molecule has 8 nitrogen and oxygen atoms in total. The zero-order chi connectivity index (χ0) is 25.1. The smallest absolute Gasteiger partial charge is 0.319 e. The largest absolute Gasteiger partial charge is 0.379 e. The highest BCUT2D eigenvalue weighted by Crippen LogP contribution is 2.26. The van der Waals surface area contributed by atoms with E-state index < -0.39 is 0 Å². The fraction of sp³-hybridized carbons (Fsp3) is 0.464. The number of anilines is 2. The number of carbonyl (C=O) groups is 1. The Morgan fingerprint density at radius 2 is 1.72 bits per heavy atom. The fourth-order valence-corrected chi connectivity index (χ4v) is 5.30. The maximum Gasteiger partial charge on any atom is 0.319 e. The lowest BCUT2D eigenvalue weighted by molar-refractivity contribution is 0.0342. The van der Waals surface area contributed by atoms with E-state index in [9.17, 15) is 4.79 Å². The van der Waals surface area contributed by atoms with Gasteiger partial charge in [-0.2, -0.15) is 0 Å². The molecule has 2 aliphatic heterocycles. The molecule has 0 saturated carbocycles. The summed E-state index contributed by atoms with van der Waals surface area (Å²) < 4.78 is 5.48. The van der Waals surface area contributed by atoms with Crippen LogP contribution in [0.3, 0.4) is 0 Å². The van der Waals surface area contributed by atoms with Crippen LogP contribution in [0.4, 0.5) is 16.3 Å². The summed E-state index contributed by atoms with van der Waals surface area (Å²) in [6.45, 7) is 12.3. The van der Waals surface area contributed by atoms with Gasteiger partial charge in [0.25, 0.3) is 0 Å². The van der Waals surface area contributed by atoms with Crippen molar-refractivity contribution in [3.63, 3.8) is 0 Å². The first kappa shape index (κ1) is 24.5. The van der Waals surface area contributed by atoms with Gasteiger partial charge in [-0.1, -0.05) is 12.1 Å². The molecular formula is C28H36N6O2. The van der Waals surface area contributed by atoms with Gasteiger partial charge in [0, 0.05) is 66.6 Å². The predicted molar refractivity (Wildman–Crippen MR) is 144 cm³/mol. The zero-order valence-corrected chi connectivity index (χ0v) is 21.5. The van der Waals surface area contributed by atoms with Crippen LogP contribution >= 0.6 is 0 Å². The summed E-state index contributed by atoms with van der Waals surface area (Å²) in [6, 6.07) is 12.4. The third-order valence-electron chi connectivity index (χ3n) is 7.11. The molecule has 0 bridgehead atoms. The number of morpholine rings is 1. The Morgan fingerprint density at radius 1 is 0.972 bits per heavy atom. The number of piperidine rings is 1. The van der Waals surface area contributed by atoms with Crippen LogP contribution in [0.15, 0.2) is 36.4 Å². The molecule has 2 N–H and O–H groups in total. The van der Waals surface area contributed by atoms with Crippen molar-refractivity contribution >= 4 is 28.3 Å². The topological polar surface area (TPSA) is 82.6 Å². The van der Waals surface area contributed by atoms with Crippen molar-refractivity contribution in [3.05, 3.63) is 59.0 Å². The van der Waals surface area contributed by atoms with Crippen LogP contribution in [-0.4, -0.2) is 66.3 Å². The average Bonchev–Trinajstić information content (AvgIpc) is 2.85. The minimum absolute atomic E-state index is 0.138. The van der Waals surface area contributed by atoms with Crippen LogP contribution in [0, 0.1) is 20.8 Å². The van der Waals surface area contributed by atoms with E-state index in [1.165, 1.54) is 5.56 Å². The number of amides is 2. The monoisotopic (exact) mass is 488 g/mol.